The number of rotatable bonds is 9. The zero-order valence-electron chi connectivity index (χ0n) is 17.8. The molecule has 0 aromatic carbocycles. The number of pyridine rings is 1. The Labute approximate surface area is 184 Å². The number of fused-ring (bicyclic) bond motifs is 1. The van der Waals surface area contributed by atoms with Crippen LogP contribution < -0.4 is 20.7 Å². The number of nitriles is 1. The average molecular weight is 441 g/mol. The Bertz CT molecular complexity index is 1030. The van der Waals surface area contributed by atoms with Crippen molar-refractivity contribution < 1.29 is 19.4 Å². The maximum Gasteiger partial charge on any atom is 0.287 e. The van der Waals surface area contributed by atoms with Gasteiger partial charge in [0, 0.05) is 5.92 Å². The van der Waals surface area contributed by atoms with Gasteiger partial charge in [-0.25, -0.2) is 4.98 Å². The number of ether oxygens (including phenoxy) is 1. The summed E-state index contributed by atoms with van der Waals surface area (Å²) >= 11 is 0. The molecule has 4 rings (SSSR count). The van der Waals surface area contributed by atoms with Crippen LogP contribution in [0.1, 0.15) is 42.7 Å². The minimum Gasteiger partial charge on any atom is -0.493 e. The Kier molecular flexibility index (Phi) is 6.53. The molecule has 2 aromatic heterocycles. The molecule has 2 aromatic rings. The van der Waals surface area contributed by atoms with Crippen LogP contribution in [0.3, 0.4) is 0 Å². The molecule has 1 aliphatic carbocycles. The first-order chi connectivity index (χ1) is 15.5. The number of imidazole rings is 1. The van der Waals surface area contributed by atoms with E-state index in [-0.39, 0.29) is 11.7 Å². The largest absolute Gasteiger partial charge is 0.493 e. The van der Waals surface area contributed by atoms with Crippen molar-refractivity contribution in [3.05, 3.63) is 18.2 Å². The molecule has 1 aliphatic heterocycles. The predicted molar refractivity (Wildman–Crippen MR) is 113 cm³/mol. The van der Waals surface area contributed by atoms with Gasteiger partial charge < -0.3 is 25.5 Å². The predicted octanol–water partition coefficient (Wildman–Crippen LogP) is 0.191. The van der Waals surface area contributed by atoms with Crippen LogP contribution in [0.2, 0.25) is 0 Å². The number of aliphatic hydroxyl groups excluding tert-OH is 1. The third kappa shape index (κ3) is 4.98. The van der Waals surface area contributed by atoms with E-state index in [0.717, 1.165) is 19.3 Å². The van der Waals surface area contributed by atoms with E-state index < -0.39 is 30.1 Å². The fraction of sp³-hybridized carbons (Fsp3) is 0.571. The Morgan fingerprint density at radius 1 is 1.31 bits per heavy atom. The minimum atomic E-state index is -0.786. The lowest BCUT2D eigenvalue weighted by Crippen LogP contribution is -2.50. The number of hydrogen-bond donors (Lipinski definition) is 5. The minimum absolute atomic E-state index is 0.0527. The molecule has 4 atom stereocenters. The zero-order valence-corrected chi connectivity index (χ0v) is 17.8. The van der Waals surface area contributed by atoms with Gasteiger partial charge in [0.1, 0.15) is 23.8 Å². The molecule has 2 amide bonds. The molecule has 1 saturated heterocycles. The van der Waals surface area contributed by atoms with Crippen molar-refractivity contribution in [3.8, 4) is 11.8 Å². The molecule has 0 radical (unpaired) electrons. The molecule has 11 nitrogen and oxygen atoms in total. The van der Waals surface area contributed by atoms with Crippen LogP contribution in [0.4, 0.5) is 0 Å². The lowest BCUT2D eigenvalue weighted by atomic mass is 9.98. The molecular formula is C21H27N7O4. The van der Waals surface area contributed by atoms with E-state index in [1.54, 1.807) is 6.20 Å². The van der Waals surface area contributed by atoms with Gasteiger partial charge in [-0.2, -0.15) is 5.26 Å². The maximum absolute atomic E-state index is 13.0. The van der Waals surface area contributed by atoms with Crippen molar-refractivity contribution in [1.29, 1.82) is 5.26 Å². The molecule has 0 bridgehead atoms. The number of nitrogens with zero attached hydrogens (tertiary/aromatic N) is 3. The average Bonchev–Trinajstić information content (AvgIpc) is 3.35. The third-order valence-electron chi connectivity index (χ3n) is 6.01. The van der Waals surface area contributed by atoms with Crippen molar-refractivity contribution in [2.75, 3.05) is 13.7 Å². The molecule has 1 saturated carbocycles. The molecule has 1 unspecified atom stereocenters. The van der Waals surface area contributed by atoms with Gasteiger partial charge in [0.2, 0.25) is 5.91 Å². The Hall–Kier alpha value is -3.23. The van der Waals surface area contributed by atoms with E-state index in [2.05, 4.69) is 37.0 Å². The van der Waals surface area contributed by atoms with Crippen molar-refractivity contribution in [3.63, 3.8) is 0 Å². The molecular weight excluding hydrogens is 414 g/mol. The highest BCUT2D eigenvalue weighted by molar-refractivity contribution is 5.97. The highest BCUT2D eigenvalue weighted by Crippen LogP contribution is 2.33. The van der Waals surface area contributed by atoms with Gasteiger partial charge >= 0.3 is 0 Å². The van der Waals surface area contributed by atoms with E-state index >= 15 is 0 Å². The fourth-order valence-corrected chi connectivity index (χ4v) is 4.02. The number of aromatic nitrogens is 3. The van der Waals surface area contributed by atoms with Crippen LogP contribution in [-0.4, -0.2) is 63.8 Å². The Morgan fingerprint density at radius 3 is 2.78 bits per heavy atom. The van der Waals surface area contributed by atoms with Crippen LogP contribution in [0.5, 0.6) is 5.75 Å². The van der Waals surface area contributed by atoms with E-state index in [1.807, 2.05) is 0 Å². The lowest BCUT2D eigenvalue weighted by Gasteiger charge is -2.22. The monoisotopic (exact) mass is 441 g/mol. The number of methoxy groups -OCH3 is 1. The van der Waals surface area contributed by atoms with Crippen molar-refractivity contribution in [1.82, 2.24) is 30.9 Å². The second-order valence-electron chi connectivity index (χ2n) is 8.40. The summed E-state index contributed by atoms with van der Waals surface area (Å²) in [5.41, 5.74) is 1.02. The first-order valence-corrected chi connectivity index (χ1v) is 10.8. The SMILES string of the molecule is COc1cncc2[nH]c(C(=O)N[C@@H](CC3CC3)C(=O)N[C@H](C#N)C[C@@H]3CCNC3O)nc12. The summed E-state index contributed by atoms with van der Waals surface area (Å²) in [6, 6.07) is 0.562. The number of aliphatic hydroxyl groups is 1. The maximum atomic E-state index is 13.0. The van der Waals surface area contributed by atoms with Crippen LogP contribution in [-0.2, 0) is 4.79 Å². The molecule has 0 spiro atoms. The number of carbonyl (C=O) groups is 2. The zero-order chi connectivity index (χ0) is 22.7. The Morgan fingerprint density at radius 2 is 2.12 bits per heavy atom. The van der Waals surface area contributed by atoms with Crippen molar-refractivity contribution in [2.45, 2.75) is 50.4 Å². The summed E-state index contributed by atoms with van der Waals surface area (Å²) in [7, 11) is 1.49. The standard InChI is InChI=1S/C21H27N7O4/c1-32-16-10-23-9-15-17(16)28-18(26-15)21(31)27-14(6-11-2-3-11)20(30)25-13(8-22)7-12-4-5-24-19(12)29/h9-14,19,24,29H,2-7H2,1H3,(H,25,30)(H,26,28)(H,27,31)/t12-,13-,14-,19?/m0/s1. The van der Waals surface area contributed by atoms with Crippen LogP contribution in [0.15, 0.2) is 12.4 Å². The summed E-state index contributed by atoms with van der Waals surface area (Å²) in [5.74, 6) is -0.175. The Balaban J connectivity index is 1.44. The number of carbonyl (C=O) groups excluding carboxylic acids is 2. The first-order valence-electron chi connectivity index (χ1n) is 10.8. The van der Waals surface area contributed by atoms with Gasteiger partial charge in [-0.15, -0.1) is 0 Å². The lowest BCUT2D eigenvalue weighted by molar-refractivity contribution is -0.123. The second kappa shape index (κ2) is 9.50. The smallest absolute Gasteiger partial charge is 0.287 e. The normalized spacial score (nSPS) is 22.2. The fourth-order valence-electron chi connectivity index (χ4n) is 4.02. The molecule has 2 aliphatic rings. The molecule has 2 fully saturated rings. The van der Waals surface area contributed by atoms with Crippen LogP contribution in [0, 0.1) is 23.2 Å². The molecule has 170 valence electrons. The highest BCUT2D eigenvalue weighted by Gasteiger charge is 2.33. The molecule has 3 heterocycles. The van der Waals surface area contributed by atoms with E-state index in [9.17, 15) is 20.0 Å². The summed E-state index contributed by atoms with van der Waals surface area (Å²) in [5, 5.41) is 27.9. The number of H-pyrrole nitrogens is 1. The summed E-state index contributed by atoms with van der Waals surface area (Å²) < 4.78 is 5.23. The van der Waals surface area contributed by atoms with Gasteiger partial charge in [-0.3, -0.25) is 19.9 Å². The first kappa shape index (κ1) is 22.0. The number of amides is 2. The molecule has 11 heteroatoms. The second-order valence-corrected chi connectivity index (χ2v) is 8.40. The van der Waals surface area contributed by atoms with Crippen LogP contribution >= 0.6 is 0 Å². The number of nitrogens with one attached hydrogen (secondary N) is 4. The van der Waals surface area contributed by atoms with E-state index in [0.29, 0.717) is 42.1 Å². The van der Waals surface area contributed by atoms with E-state index in [1.165, 1.54) is 13.3 Å². The van der Waals surface area contributed by atoms with Gasteiger partial charge in [-0.05, 0) is 31.7 Å². The van der Waals surface area contributed by atoms with E-state index in [4.69, 9.17) is 4.74 Å². The summed E-state index contributed by atoms with van der Waals surface area (Å²) in [6.45, 7) is 0.677. The summed E-state index contributed by atoms with van der Waals surface area (Å²) in [6.07, 6.45) is 5.97. The van der Waals surface area contributed by atoms with Crippen molar-refractivity contribution in [2.24, 2.45) is 11.8 Å². The highest BCUT2D eigenvalue weighted by atomic mass is 16.5. The third-order valence-corrected chi connectivity index (χ3v) is 6.01. The van der Waals surface area contributed by atoms with Gasteiger partial charge in [0.05, 0.1) is 31.1 Å². The summed E-state index contributed by atoms with van der Waals surface area (Å²) in [4.78, 5) is 37.0. The quantitative estimate of drug-likeness (QED) is 0.368. The number of aromatic amines is 1. The molecule has 32 heavy (non-hydrogen) atoms. The van der Waals surface area contributed by atoms with Gasteiger partial charge in [-0.1, -0.05) is 12.8 Å². The van der Waals surface area contributed by atoms with Crippen LogP contribution in [0.25, 0.3) is 11.0 Å². The number of hydrogen-bond acceptors (Lipinski definition) is 8. The molecule has 5 N–H and O–H groups in total. The topological polar surface area (TPSA) is 165 Å². The van der Waals surface area contributed by atoms with Gasteiger partial charge in [0.25, 0.3) is 5.91 Å². The van der Waals surface area contributed by atoms with Gasteiger partial charge in [0.15, 0.2) is 11.6 Å². The van der Waals surface area contributed by atoms with Crippen molar-refractivity contribution >= 4 is 22.8 Å².